The Hall–Kier alpha value is -1.95. The highest BCUT2D eigenvalue weighted by Crippen LogP contribution is 2.55. The van der Waals surface area contributed by atoms with E-state index in [9.17, 15) is 14.9 Å². The Balaban J connectivity index is 2.13. The van der Waals surface area contributed by atoms with Crippen molar-refractivity contribution in [1.29, 1.82) is 0 Å². The van der Waals surface area contributed by atoms with E-state index in [1.165, 1.54) is 7.11 Å². The van der Waals surface area contributed by atoms with Crippen LogP contribution in [-0.4, -0.2) is 40.5 Å². The number of hydrogen-bond donors (Lipinski definition) is 0. The normalized spacial score (nSPS) is 34.4. The highest BCUT2D eigenvalue weighted by molar-refractivity contribution is 5.82. The molecular formula is C16H20N2O4. The lowest BCUT2D eigenvalue weighted by atomic mass is 9.82. The van der Waals surface area contributed by atoms with Crippen LogP contribution >= 0.6 is 0 Å². The van der Waals surface area contributed by atoms with E-state index in [2.05, 4.69) is 0 Å². The van der Waals surface area contributed by atoms with Crippen molar-refractivity contribution in [2.75, 3.05) is 13.7 Å². The van der Waals surface area contributed by atoms with Gasteiger partial charge in [0.15, 0.2) is 0 Å². The van der Waals surface area contributed by atoms with Gasteiger partial charge in [0.1, 0.15) is 11.6 Å². The van der Waals surface area contributed by atoms with Crippen LogP contribution in [0.2, 0.25) is 0 Å². The molecule has 1 aromatic rings. The maximum Gasteiger partial charge on any atom is 0.326 e. The summed E-state index contributed by atoms with van der Waals surface area (Å²) in [7, 11) is 1.35. The number of carbonyl (C=O) groups excluding carboxylic acids is 1. The number of nitrogens with zero attached hydrogens (tertiary/aromatic N) is 2. The molecule has 0 saturated carbocycles. The molecule has 2 aliphatic heterocycles. The number of hydrogen-bond acceptors (Lipinski definition) is 5. The van der Waals surface area contributed by atoms with E-state index in [0.29, 0.717) is 13.0 Å². The van der Waals surface area contributed by atoms with Crippen molar-refractivity contribution in [3.8, 4) is 0 Å². The van der Waals surface area contributed by atoms with E-state index < -0.39 is 17.1 Å². The predicted molar refractivity (Wildman–Crippen MR) is 79.9 cm³/mol. The standard InChI is InChI=1S/C16H20N2O4/c1-15(18(20)21)11-16(14(19)22-2)9-6-10-17(16)13(15)12-7-4-3-5-8-12/h3-5,7-8,13H,6,9-11H2,1-2H3/t13-,15+,16+/m0/s1. The van der Waals surface area contributed by atoms with Crippen LogP contribution in [0, 0.1) is 10.1 Å². The Morgan fingerprint density at radius 1 is 1.41 bits per heavy atom. The first-order valence-electron chi connectivity index (χ1n) is 7.50. The molecule has 0 aliphatic carbocycles. The van der Waals surface area contributed by atoms with E-state index in [4.69, 9.17) is 4.74 Å². The summed E-state index contributed by atoms with van der Waals surface area (Å²) >= 11 is 0. The number of rotatable bonds is 3. The summed E-state index contributed by atoms with van der Waals surface area (Å²) in [5.41, 5.74) is -1.18. The van der Waals surface area contributed by atoms with Crippen molar-refractivity contribution in [3.05, 3.63) is 46.0 Å². The molecular weight excluding hydrogens is 284 g/mol. The lowest BCUT2D eigenvalue weighted by Crippen LogP contribution is -2.47. The van der Waals surface area contributed by atoms with Gasteiger partial charge in [0.05, 0.1) is 7.11 Å². The third-order valence-corrected chi connectivity index (χ3v) is 5.19. The van der Waals surface area contributed by atoms with Gasteiger partial charge < -0.3 is 4.74 Å². The highest BCUT2D eigenvalue weighted by Gasteiger charge is 2.69. The fourth-order valence-corrected chi connectivity index (χ4v) is 4.31. The molecule has 0 unspecified atom stereocenters. The molecule has 0 bridgehead atoms. The number of benzene rings is 1. The summed E-state index contributed by atoms with van der Waals surface area (Å²) in [6.07, 6.45) is 1.66. The summed E-state index contributed by atoms with van der Waals surface area (Å²) < 4.78 is 4.99. The predicted octanol–water partition coefficient (Wildman–Crippen LogP) is 2.17. The Bertz CT molecular complexity index is 605. The highest BCUT2D eigenvalue weighted by atomic mass is 16.6. The molecule has 0 spiro atoms. The number of fused-ring (bicyclic) bond motifs is 1. The summed E-state index contributed by atoms with van der Waals surface area (Å²) in [6, 6.07) is 9.04. The first-order valence-corrected chi connectivity index (χ1v) is 7.50. The van der Waals surface area contributed by atoms with Crippen LogP contribution in [-0.2, 0) is 9.53 Å². The second-order valence-corrected chi connectivity index (χ2v) is 6.42. The molecule has 22 heavy (non-hydrogen) atoms. The van der Waals surface area contributed by atoms with Crippen LogP contribution in [0.1, 0.15) is 37.8 Å². The fourth-order valence-electron chi connectivity index (χ4n) is 4.31. The van der Waals surface area contributed by atoms with Crippen LogP contribution in [0.4, 0.5) is 0 Å². The van der Waals surface area contributed by atoms with E-state index in [0.717, 1.165) is 12.0 Å². The quantitative estimate of drug-likeness (QED) is 0.486. The number of carbonyl (C=O) groups is 1. The van der Waals surface area contributed by atoms with Crippen LogP contribution in [0.15, 0.2) is 30.3 Å². The van der Waals surface area contributed by atoms with E-state index in [-0.39, 0.29) is 17.3 Å². The number of esters is 1. The molecule has 1 aromatic carbocycles. The summed E-state index contributed by atoms with van der Waals surface area (Å²) in [6.45, 7) is 2.33. The molecule has 0 amide bonds. The second kappa shape index (κ2) is 5.05. The molecule has 6 nitrogen and oxygen atoms in total. The SMILES string of the molecule is COC(=O)[C@]12CCCN1[C@@H](c1ccccc1)[C@](C)([N+](=O)[O-])C2. The monoisotopic (exact) mass is 304 g/mol. The maximum absolute atomic E-state index is 12.4. The van der Waals surface area contributed by atoms with Crippen LogP contribution < -0.4 is 0 Å². The molecule has 6 heteroatoms. The fraction of sp³-hybridized carbons (Fsp3) is 0.562. The molecule has 0 aromatic heterocycles. The molecule has 2 aliphatic rings. The third kappa shape index (κ3) is 1.86. The lowest BCUT2D eigenvalue weighted by molar-refractivity contribution is -0.569. The van der Waals surface area contributed by atoms with Gasteiger partial charge in [0.2, 0.25) is 5.54 Å². The van der Waals surface area contributed by atoms with Gasteiger partial charge in [-0.25, -0.2) is 0 Å². The first kappa shape index (κ1) is 15.0. The molecule has 3 atom stereocenters. The molecule has 0 radical (unpaired) electrons. The molecule has 2 fully saturated rings. The van der Waals surface area contributed by atoms with Crippen molar-refractivity contribution in [2.45, 2.75) is 43.3 Å². The smallest absolute Gasteiger partial charge is 0.326 e. The number of methoxy groups -OCH3 is 1. The van der Waals surface area contributed by atoms with Crippen molar-refractivity contribution >= 4 is 5.97 Å². The minimum atomic E-state index is -1.20. The number of ether oxygens (including phenoxy) is 1. The van der Waals surface area contributed by atoms with Gasteiger partial charge in [-0.15, -0.1) is 0 Å². The van der Waals surface area contributed by atoms with Crippen LogP contribution in [0.5, 0.6) is 0 Å². The number of nitro groups is 1. The molecule has 0 N–H and O–H groups in total. The Morgan fingerprint density at radius 3 is 2.68 bits per heavy atom. The van der Waals surface area contributed by atoms with Crippen molar-refractivity contribution in [3.63, 3.8) is 0 Å². The van der Waals surface area contributed by atoms with Crippen LogP contribution in [0.25, 0.3) is 0 Å². The minimum Gasteiger partial charge on any atom is -0.468 e. The van der Waals surface area contributed by atoms with E-state index in [1.807, 2.05) is 35.2 Å². The summed E-state index contributed by atoms with van der Waals surface area (Å²) in [5.74, 6) is -0.350. The average Bonchev–Trinajstić information content (AvgIpc) is 3.02. The van der Waals surface area contributed by atoms with Gasteiger partial charge in [0, 0.05) is 24.8 Å². The first-order chi connectivity index (χ1) is 10.5. The zero-order chi connectivity index (χ0) is 16.0. The van der Waals surface area contributed by atoms with Crippen LogP contribution in [0.3, 0.4) is 0 Å². The topological polar surface area (TPSA) is 72.7 Å². The molecule has 2 saturated heterocycles. The molecule has 118 valence electrons. The summed E-state index contributed by atoms with van der Waals surface area (Å²) in [5, 5.41) is 11.8. The van der Waals surface area contributed by atoms with Crippen molar-refractivity contribution in [2.24, 2.45) is 0 Å². The maximum atomic E-state index is 12.4. The van der Waals surface area contributed by atoms with Gasteiger partial charge in [0.25, 0.3) is 0 Å². The Morgan fingerprint density at radius 2 is 2.09 bits per heavy atom. The summed E-state index contributed by atoms with van der Waals surface area (Å²) in [4.78, 5) is 26.0. The molecule has 3 rings (SSSR count). The Labute approximate surface area is 129 Å². The van der Waals surface area contributed by atoms with E-state index >= 15 is 0 Å². The zero-order valence-corrected chi connectivity index (χ0v) is 12.8. The van der Waals surface area contributed by atoms with Gasteiger partial charge in [-0.2, -0.15) is 0 Å². The van der Waals surface area contributed by atoms with Gasteiger partial charge >= 0.3 is 5.97 Å². The minimum absolute atomic E-state index is 0.194. The van der Waals surface area contributed by atoms with Crippen molar-refractivity contribution in [1.82, 2.24) is 4.90 Å². The third-order valence-electron chi connectivity index (χ3n) is 5.19. The zero-order valence-electron chi connectivity index (χ0n) is 12.8. The van der Waals surface area contributed by atoms with Gasteiger partial charge in [-0.1, -0.05) is 30.3 Å². The van der Waals surface area contributed by atoms with Gasteiger partial charge in [-0.3, -0.25) is 19.8 Å². The molecule has 2 heterocycles. The Kier molecular flexibility index (Phi) is 3.44. The second-order valence-electron chi connectivity index (χ2n) is 6.42. The van der Waals surface area contributed by atoms with Gasteiger partial charge in [-0.05, 0) is 18.4 Å². The average molecular weight is 304 g/mol. The largest absolute Gasteiger partial charge is 0.468 e. The lowest BCUT2D eigenvalue weighted by Gasteiger charge is -2.32. The van der Waals surface area contributed by atoms with Crippen molar-refractivity contribution < 1.29 is 14.5 Å². The van der Waals surface area contributed by atoms with E-state index in [1.54, 1.807) is 6.92 Å².